The van der Waals surface area contributed by atoms with Gasteiger partial charge in [0.1, 0.15) is 12.7 Å². The smallest absolute Gasteiger partial charge is 0.243 e. The Kier molecular flexibility index (Phi) is 4.92. The molecule has 6 heteroatoms. The van der Waals surface area contributed by atoms with E-state index in [9.17, 15) is 14.0 Å². The van der Waals surface area contributed by atoms with E-state index in [0.717, 1.165) is 16.5 Å². The number of hydrogen-bond donors (Lipinski definition) is 3. The normalized spacial score (nSPS) is 12.1. The molecule has 112 valence electrons. The molecule has 2 aromatic rings. The maximum absolute atomic E-state index is 12.2. The third-order valence-electron chi connectivity index (χ3n) is 3.19. The molecule has 1 atom stereocenters. The number of alkyl halides is 1. The lowest BCUT2D eigenvalue weighted by atomic mass is 10.0. The Morgan fingerprint density at radius 2 is 2.10 bits per heavy atom. The second-order valence-electron chi connectivity index (χ2n) is 4.80. The average molecular weight is 290 g/mol. The van der Waals surface area contributed by atoms with Gasteiger partial charge in [0.05, 0.1) is 0 Å². The van der Waals surface area contributed by atoms with E-state index < -0.39 is 12.7 Å². The van der Waals surface area contributed by atoms with Crippen LogP contribution in [0, 0.1) is 0 Å². The molecule has 2 rings (SSSR count). The first-order chi connectivity index (χ1) is 10.1. The molecule has 0 aliphatic rings. The summed E-state index contributed by atoms with van der Waals surface area (Å²) >= 11 is 0. The van der Waals surface area contributed by atoms with Crippen LogP contribution in [0.1, 0.15) is 12.5 Å². The second-order valence-corrected chi connectivity index (χ2v) is 4.80. The van der Waals surface area contributed by atoms with Crippen molar-refractivity contribution in [2.45, 2.75) is 19.4 Å². The first-order valence-electron chi connectivity index (χ1n) is 6.77. The van der Waals surface area contributed by atoms with Crippen molar-refractivity contribution in [1.82, 2.24) is 15.6 Å². The number of benzene rings is 1. The molecule has 5 nitrogen and oxygen atoms in total. The van der Waals surface area contributed by atoms with Gasteiger partial charge in [0.2, 0.25) is 11.8 Å². The van der Waals surface area contributed by atoms with Crippen LogP contribution in [0.3, 0.4) is 0 Å². The van der Waals surface area contributed by atoms with Crippen molar-refractivity contribution in [1.29, 1.82) is 0 Å². The van der Waals surface area contributed by atoms with Crippen LogP contribution in [0.25, 0.3) is 10.9 Å². The van der Waals surface area contributed by atoms with Gasteiger partial charge in [-0.05, 0) is 11.6 Å². The fourth-order valence-electron chi connectivity index (χ4n) is 2.27. The van der Waals surface area contributed by atoms with Crippen LogP contribution < -0.4 is 10.6 Å². The van der Waals surface area contributed by atoms with Crippen molar-refractivity contribution in [3.63, 3.8) is 0 Å². The van der Waals surface area contributed by atoms with Crippen molar-refractivity contribution in [3.05, 3.63) is 36.0 Å². The number of nitrogens with one attached hydrogen (secondary N) is 3. The van der Waals surface area contributed by atoms with E-state index in [-0.39, 0.29) is 18.4 Å². The summed E-state index contributed by atoms with van der Waals surface area (Å²) in [6, 6.07) is 7.01. The summed E-state index contributed by atoms with van der Waals surface area (Å²) in [7, 11) is 0. The molecule has 0 unspecified atom stereocenters. The van der Waals surface area contributed by atoms with Gasteiger partial charge in [0, 0.05) is 37.0 Å². The van der Waals surface area contributed by atoms with Crippen molar-refractivity contribution < 1.29 is 14.0 Å². The van der Waals surface area contributed by atoms with Gasteiger partial charge in [-0.3, -0.25) is 9.59 Å². The summed E-state index contributed by atoms with van der Waals surface area (Å²) in [5, 5.41) is 6.07. The first-order valence-corrected chi connectivity index (χ1v) is 6.77. The molecule has 0 aliphatic heterocycles. The number of H-pyrrole nitrogens is 1. The van der Waals surface area contributed by atoms with Gasteiger partial charge in [-0.15, -0.1) is 0 Å². The van der Waals surface area contributed by atoms with Gasteiger partial charge < -0.3 is 15.6 Å². The molecule has 2 amide bonds. The lowest BCUT2D eigenvalue weighted by Gasteiger charge is -2.17. The van der Waals surface area contributed by atoms with E-state index in [1.165, 1.54) is 6.92 Å². The number of hydrogen-bond acceptors (Lipinski definition) is 2. The standard InChI is InChI=1S/C15H18FN3O2/c1-10(20)19-14(15(21)17-7-6-16)8-11-9-18-13-5-3-2-4-12(11)13/h2-5,9,14,18H,6-8H2,1H3,(H,17,21)(H,19,20)/t14-/m0/s1/i16-1. The highest BCUT2D eigenvalue weighted by molar-refractivity contribution is 5.89. The Morgan fingerprint density at radius 3 is 2.81 bits per heavy atom. The zero-order valence-electron chi connectivity index (χ0n) is 11.8. The molecule has 1 heterocycles. The molecular weight excluding hydrogens is 272 g/mol. The molecule has 0 fully saturated rings. The molecule has 0 radical (unpaired) electrons. The quantitative estimate of drug-likeness (QED) is 0.750. The van der Waals surface area contributed by atoms with E-state index in [2.05, 4.69) is 15.6 Å². The summed E-state index contributed by atoms with van der Waals surface area (Å²) in [6.45, 7) is 0.666. The van der Waals surface area contributed by atoms with Crippen LogP contribution in [-0.4, -0.2) is 36.1 Å². The monoisotopic (exact) mass is 290 g/mol. The third-order valence-corrected chi connectivity index (χ3v) is 3.19. The minimum Gasteiger partial charge on any atom is -0.361 e. The molecule has 0 spiro atoms. The summed E-state index contributed by atoms with van der Waals surface area (Å²) in [5.41, 5.74) is 1.90. The highest BCUT2D eigenvalue weighted by atomic mass is 18.2. The fourth-order valence-corrected chi connectivity index (χ4v) is 2.27. The minimum absolute atomic E-state index is 0.0528. The number of aromatic amines is 1. The van der Waals surface area contributed by atoms with Crippen LogP contribution in [0.2, 0.25) is 0 Å². The first kappa shape index (κ1) is 15.0. The minimum atomic E-state index is -0.715. The summed E-state index contributed by atoms with van der Waals surface area (Å²) in [4.78, 5) is 26.4. The number of carbonyl (C=O) groups is 2. The highest BCUT2D eigenvalue weighted by Gasteiger charge is 2.20. The number of para-hydroxylation sites is 1. The van der Waals surface area contributed by atoms with E-state index >= 15 is 0 Å². The molecule has 0 saturated carbocycles. The van der Waals surface area contributed by atoms with Gasteiger partial charge >= 0.3 is 0 Å². The second kappa shape index (κ2) is 6.88. The zero-order chi connectivity index (χ0) is 15.2. The molecule has 0 bridgehead atoms. The van der Waals surface area contributed by atoms with Crippen molar-refractivity contribution in [3.8, 4) is 0 Å². The van der Waals surface area contributed by atoms with Crippen LogP contribution >= 0.6 is 0 Å². The Morgan fingerprint density at radius 1 is 1.33 bits per heavy atom. The molecule has 0 aliphatic carbocycles. The maximum atomic E-state index is 12.2. The number of aromatic nitrogens is 1. The molecular formula is C15H18FN3O2. The average Bonchev–Trinajstić information content (AvgIpc) is 2.87. The third kappa shape index (κ3) is 3.81. The summed E-state index contributed by atoms with van der Waals surface area (Å²) < 4.78 is 12.2. The van der Waals surface area contributed by atoms with Gasteiger partial charge in [-0.2, -0.15) is 0 Å². The van der Waals surface area contributed by atoms with Gasteiger partial charge in [-0.25, -0.2) is 4.39 Å². The van der Waals surface area contributed by atoms with Crippen molar-refractivity contribution in [2.75, 3.05) is 13.2 Å². The molecule has 1 aromatic carbocycles. The Bertz CT molecular complexity index is 639. The SMILES string of the molecule is CC(=O)N[C@@H](Cc1c[nH]c2ccccc12)C(=O)NCC[18F]. The topological polar surface area (TPSA) is 74.0 Å². The van der Waals surface area contributed by atoms with E-state index in [1.54, 1.807) is 0 Å². The van der Waals surface area contributed by atoms with E-state index in [0.29, 0.717) is 6.42 Å². The van der Waals surface area contributed by atoms with Crippen LogP contribution in [-0.2, 0) is 16.0 Å². The van der Waals surface area contributed by atoms with E-state index in [1.807, 2.05) is 30.5 Å². The molecule has 1 aromatic heterocycles. The molecule has 3 N–H and O–H groups in total. The largest absolute Gasteiger partial charge is 0.361 e. The fraction of sp³-hybridized carbons (Fsp3) is 0.333. The number of fused-ring (bicyclic) bond motifs is 1. The van der Waals surface area contributed by atoms with Crippen LogP contribution in [0.4, 0.5) is 4.39 Å². The Labute approximate surface area is 121 Å². The highest BCUT2D eigenvalue weighted by Crippen LogP contribution is 2.19. The summed E-state index contributed by atoms with van der Waals surface area (Å²) in [5.74, 6) is -0.677. The van der Waals surface area contributed by atoms with Gasteiger partial charge in [0.15, 0.2) is 0 Å². The van der Waals surface area contributed by atoms with Crippen LogP contribution in [0.5, 0.6) is 0 Å². The summed E-state index contributed by atoms with van der Waals surface area (Å²) in [6.07, 6.45) is 2.17. The number of rotatable bonds is 6. The Hall–Kier alpha value is -2.37. The molecule has 0 saturated heterocycles. The van der Waals surface area contributed by atoms with Crippen LogP contribution in [0.15, 0.2) is 30.5 Å². The molecule has 21 heavy (non-hydrogen) atoms. The van der Waals surface area contributed by atoms with E-state index in [4.69, 9.17) is 0 Å². The number of halogens is 1. The lowest BCUT2D eigenvalue weighted by Crippen LogP contribution is -2.47. The van der Waals surface area contributed by atoms with Gasteiger partial charge in [0.25, 0.3) is 0 Å². The van der Waals surface area contributed by atoms with Crippen molar-refractivity contribution in [2.24, 2.45) is 0 Å². The van der Waals surface area contributed by atoms with Crippen molar-refractivity contribution >= 4 is 22.7 Å². The number of carbonyl (C=O) groups excluding carboxylic acids is 2. The zero-order valence-corrected chi connectivity index (χ0v) is 11.8. The Balaban J connectivity index is 2.17. The predicted octanol–water partition coefficient (Wildman–Crippen LogP) is 1.30. The lowest BCUT2D eigenvalue weighted by molar-refractivity contribution is -0.128. The maximum Gasteiger partial charge on any atom is 0.243 e. The van der Waals surface area contributed by atoms with Gasteiger partial charge in [-0.1, -0.05) is 18.2 Å². The number of amides is 2. The predicted molar refractivity (Wildman–Crippen MR) is 78.6 cm³/mol.